The molecule has 2 nitrogen and oxygen atoms in total. The van der Waals surface area contributed by atoms with Crippen molar-refractivity contribution in [1.29, 1.82) is 0 Å². The highest BCUT2D eigenvalue weighted by Gasteiger charge is 2.12. The van der Waals surface area contributed by atoms with Gasteiger partial charge in [0.25, 0.3) is 0 Å². The third kappa shape index (κ3) is 5.73. The third-order valence-electron chi connectivity index (χ3n) is 2.42. The Labute approximate surface area is 105 Å². The van der Waals surface area contributed by atoms with E-state index in [1.807, 2.05) is 45.0 Å². The SMILES string of the molecule is CCCC(O)Cc1cccc(OC(C)(C)C)c1. The summed E-state index contributed by atoms with van der Waals surface area (Å²) in [5.74, 6) is 0.874. The highest BCUT2D eigenvalue weighted by atomic mass is 16.5. The Morgan fingerprint density at radius 2 is 2.00 bits per heavy atom. The van der Waals surface area contributed by atoms with Crippen molar-refractivity contribution < 1.29 is 9.84 Å². The minimum atomic E-state index is -0.245. The van der Waals surface area contributed by atoms with Gasteiger partial charge in [-0.25, -0.2) is 0 Å². The summed E-state index contributed by atoms with van der Waals surface area (Å²) in [7, 11) is 0. The summed E-state index contributed by atoms with van der Waals surface area (Å²) in [5.41, 5.74) is 0.952. The monoisotopic (exact) mass is 236 g/mol. The fraction of sp³-hybridized carbons (Fsp3) is 0.600. The van der Waals surface area contributed by atoms with Crippen LogP contribution in [0.2, 0.25) is 0 Å². The molecule has 2 heteroatoms. The van der Waals surface area contributed by atoms with Gasteiger partial charge in [0.15, 0.2) is 0 Å². The molecular formula is C15H24O2. The fourth-order valence-corrected chi connectivity index (χ4v) is 1.80. The molecule has 0 aromatic heterocycles. The van der Waals surface area contributed by atoms with Gasteiger partial charge in [0.2, 0.25) is 0 Å². The lowest BCUT2D eigenvalue weighted by atomic mass is 10.0. The van der Waals surface area contributed by atoms with Crippen LogP contribution in [0.1, 0.15) is 46.1 Å². The minimum absolute atomic E-state index is 0.180. The van der Waals surface area contributed by atoms with E-state index in [1.54, 1.807) is 0 Å². The van der Waals surface area contributed by atoms with E-state index in [9.17, 15) is 5.11 Å². The maximum absolute atomic E-state index is 9.79. The molecule has 1 aromatic carbocycles. The normalized spacial score (nSPS) is 13.5. The lowest BCUT2D eigenvalue weighted by Crippen LogP contribution is -2.23. The van der Waals surface area contributed by atoms with Gasteiger partial charge in [0.05, 0.1) is 6.10 Å². The molecule has 0 saturated carbocycles. The third-order valence-corrected chi connectivity index (χ3v) is 2.42. The van der Waals surface area contributed by atoms with Crippen LogP contribution in [0.25, 0.3) is 0 Å². The van der Waals surface area contributed by atoms with Gasteiger partial charge in [-0.15, -0.1) is 0 Å². The Bertz CT molecular complexity index is 339. The smallest absolute Gasteiger partial charge is 0.120 e. The lowest BCUT2D eigenvalue weighted by molar-refractivity contribution is 0.130. The van der Waals surface area contributed by atoms with Crippen molar-refractivity contribution in [2.24, 2.45) is 0 Å². The second-order valence-electron chi connectivity index (χ2n) is 5.51. The molecule has 1 aromatic rings. The van der Waals surface area contributed by atoms with Gasteiger partial charge in [0.1, 0.15) is 11.4 Å². The van der Waals surface area contributed by atoms with Crippen LogP contribution in [0, 0.1) is 0 Å². The van der Waals surface area contributed by atoms with Crippen molar-refractivity contribution in [2.45, 2.75) is 58.7 Å². The molecule has 0 spiro atoms. The van der Waals surface area contributed by atoms with Crippen molar-refractivity contribution in [1.82, 2.24) is 0 Å². The van der Waals surface area contributed by atoms with Gasteiger partial charge in [0, 0.05) is 0 Å². The van der Waals surface area contributed by atoms with Gasteiger partial charge in [-0.2, -0.15) is 0 Å². The summed E-state index contributed by atoms with van der Waals surface area (Å²) < 4.78 is 5.80. The van der Waals surface area contributed by atoms with E-state index in [0.29, 0.717) is 6.42 Å². The second-order valence-corrected chi connectivity index (χ2v) is 5.51. The molecule has 17 heavy (non-hydrogen) atoms. The first kappa shape index (κ1) is 14.0. The van der Waals surface area contributed by atoms with Crippen LogP contribution >= 0.6 is 0 Å². The largest absolute Gasteiger partial charge is 0.488 e. The zero-order chi connectivity index (χ0) is 12.9. The van der Waals surface area contributed by atoms with Gasteiger partial charge in [-0.3, -0.25) is 0 Å². The molecular weight excluding hydrogens is 212 g/mol. The number of hydrogen-bond donors (Lipinski definition) is 1. The molecule has 0 saturated heterocycles. The van der Waals surface area contributed by atoms with E-state index in [-0.39, 0.29) is 11.7 Å². The fourth-order valence-electron chi connectivity index (χ4n) is 1.80. The number of ether oxygens (including phenoxy) is 1. The summed E-state index contributed by atoms with van der Waals surface area (Å²) in [6.07, 6.45) is 2.32. The Hall–Kier alpha value is -1.02. The molecule has 0 heterocycles. The predicted molar refractivity (Wildman–Crippen MR) is 71.4 cm³/mol. The van der Waals surface area contributed by atoms with Crippen LogP contribution in [-0.2, 0) is 6.42 Å². The molecule has 1 unspecified atom stereocenters. The van der Waals surface area contributed by atoms with Gasteiger partial charge < -0.3 is 9.84 Å². The average Bonchev–Trinajstić information content (AvgIpc) is 2.15. The summed E-state index contributed by atoms with van der Waals surface area (Å²) in [4.78, 5) is 0. The van der Waals surface area contributed by atoms with Crippen LogP contribution in [0.15, 0.2) is 24.3 Å². The molecule has 0 bridgehead atoms. The highest BCUT2D eigenvalue weighted by molar-refractivity contribution is 5.29. The zero-order valence-electron chi connectivity index (χ0n) is 11.4. The molecule has 0 aliphatic heterocycles. The van der Waals surface area contributed by atoms with Crippen molar-refractivity contribution in [3.05, 3.63) is 29.8 Å². The standard InChI is InChI=1S/C15H24O2/c1-5-7-13(16)10-12-8-6-9-14(11-12)17-15(2,3)4/h6,8-9,11,13,16H,5,7,10H2,1-4H3. The minimum Gasteiger partial charge on any atom is -0.488 e. The van der Waals surface area contributed by atoms with Gasteiger partial charge in [-0.05, 0) is 51.3 Å². The maximum atomic E-state index is 9.79. The van der Waals surface area contributed by atoms with Gasteiger partial charge in [-0.1, -0.05) is 25.5 Å². The average molecular weight is 236 g/mol. The number of aliphatic hydroxyl groups excluding tert-OH is 1. The Kier molecular flexibility index (Phi) is 5.01. The molecule has 96 valence electrons. The quantitative estimate of drug-likeness (QED) is 0.847. The first-order valence-corrected chi connectivity index (χ1v) is 6.36. The van der Waals surface area contributed by atoms with Crippen LogP contribution in [0.5, 0.6) is 5.75 Å². The van der Waals surface area contributed by atoms with Crippen molar-refractivity contribution in [3.8, 4) is 5.75 Å². The summed E-state index contributed by atoms with van der Waals surface area (Å²) >= 11 is 0. The maximum Gasteiger partial charge on any atom is 0.120 e. The van der Waals surface area contributed by atoms with Gasteiger partial charge >= 0.3 is 0 Å². The summed E-state index contributed by atoms with van der Waals surface area (Å²) in [6.45, 7) is 8.19. The predicted octanol–water partition coefficient (Wildman–Crippen LogP) is 3.57. The highest BCUT2D eigenvalue weighted by Crippen LogP contribution is 2.20. The zero-order valence-corrected chi connectivity index (χ0v) is 11.4. The molecule has 1 rings (SSSR count). The van der Waals surface area contributed by atoms with Crippen molar-refractivity contribution >= 4 is 0 Å². The Morgan fingerprint density at radius 1 is 1.29 bits per heavy atom. The Morgan fingerprint density at radius 3 is 2.59 bits per heavy atom. The summed E-state index contributed by atoms with van der Waals surface area (Å²) in [6, 6.07) is 7.99. The van der Waals surface area contributed by atoms with Crippen LogP contribution in [0.3, 0.4) is 0 Å². The molecule has 0 aliphatic carbocycles. The van der Waals surface area contributed by atoms with E-state index in [2.05, 4.69) is 6.92 Å². The van der Waals surface area contributed by atoms with E-state index in [4.69, 9.17) is 4.74 Å². The first-order chi connectivity index (χ1) is 7.90. The molecule has 0 aliphatic rings. The summed E-state index contributed by atoms with van der Waals surface area (Å²) in [5, 5.41) is 9.79. The van der Waals surface area contributed by atoms with Crippen LogP contribution < -0.4 is 4.74 Å². The molecule has 1 atom stereocenters. The number of aliphatic hydroxyl groups is 1. The second kappa shape index (κ2) is 6.06. The van der Waals surface area contributed by atoms with E-state index >= 15 is 0 Å². The van der Waals surface area contributed by atoms with E-state index in [1.165, 1.54) is 0 Å². The topological polar surface area (TPSA) is 29.5 Å². The number of hydrogen-bond acceptors (Lipinski definition) is 2. The van der Waals surface area contributed by atoms with Crippen molar-refractivity contribution in [3.63, 3.8) is 0 Å². The number of benzene rings is 1. The molecule has 0 amide bonds. The lowest BCUT2D eigenvalue weighted by Gasteiger charge is -2.21. The van der Waals surface area contributed by atoms with Crippen LogP contribution in [-0.4, -0.2) is 16.8 Å². The molecule has 0 radical (unpaired) electrons. The van der Waals surface area contributed by atoms with E-state index < -0.39 is 0 Å². The molecule has 1 N–H and O–H groups in total. The van der Waals surface area contributed by atoms with E-state index in [0.717, 1.165) is 24.2 Å². The first-order valence-electron chi connectivity index (χ1n) is 6.36. The van der Waals surface area contributed by atoms with Crippen LogP contribution in [0.4, 0.5) is 0 Å². The van der Waals surface area contributed by atoms with Crippen molar-refractivity contribution in [2.75, 3.05) is 0 Å². The molecule has 0 fully saturated rings. The number of rotatable bonds is 5. The Balaban J connectivity index is 2.66.